The van der Waals surface area contributed by atoms with Gasteiger partial charge in [0.2, 0.25) is 0 Å². The van der Waals surface area contributed by atoms with E-state index in [9.17, 15) is 9.90 Å². The fourth-order valence-corrected chi connectivity index (χ4v) is 1.80. The van der Waals surface area contributed by atoms with E-state index in [1.807, 2.05) is 0 Å². The lowest BCUT2D eigenvalue weighted by molar-refractivity contribution is 0.0694. The van der Waals surface area contributed by atoms with Crippen molar-refractivity contribution in [3.63, 3.8) is 0 Å². The quantitative estimate of drug-likeness (QED) is 0.813. The number of carbonyl (C=O) groups is 1. The number of nitrogens with two attached hydrogens (primary N) is 1. The van der Waals surface area contributed by atoms with Crippen LogP contribution < -0.4 is 5.73 Å². The van der Waals surface area contributed by atoms with Crippen molar-refractivity contribution in [1.29, 1.82) is 0 Å². The van der Waals surface area contributed by atoms with Gasteiger partial charge in [-0.15, -0.1) is 0 Å². The summed E-state index contributed by atoms with van der Waals surface area (Å²) in [7, 11) is 0. The number of nitrogens with zero attached hydrogens (tertiary/aromatic N) is 1. The number of aromatic carboxylic acids is 1. The third kappa shape index (κ3) is 2.58. The summed E-state index contributed by atoms with van der Waals surface area (Å²) < 4.78 is 0. The lowest BCUT2D eigenvalue weighted by Crippen LogP contribution is -2.14. The molecule has 1 rings (SSSR count). The molecule has 0 atom stereocenters. The summed E-state index contributed by atoms with van der Waals surface area (Å²) in [5.41, 5.74) is 8.15. The number of pyridine rings is 1. The molecule has 3 N–H and O–H groups in total. The van der Waals surface area contributed by atoms with Gasteiger partial charge in [-0.25, -0.2) is 4.79 Å². The van der Waals surface area contributed by atoms with E-state index in [1.165, 1.54) is 0 Å². The van der Waals surface area contributed by atoms with Gasteiger partial charge in [0.15, 0.2) is 0 Å². The summed E-state index contributed by atoms with van der Waals surface area (Å²) >= 11 is 0. The number of hydrogen-bond donors (Lipinski definition) is 2. The molecule has 0 saturated heterocycles. The highest BCUT2D eigenvalue weighted by atomic mass is 16.4. The van der Waals surface area contributed by atoms with E-state index in [0.29, 0.717) is 23.7 Å². The highest BCUT2D eigenvalue weighted by Gasteiger charge is 2.18. The molecule has 0 aliphatic carbocycles. The molecule has 0 bridgehead atoms. The van der Waals surface area contributed by atoms with Gasteiger partial charge in [0.25, 0.3) is 0 Å². The number of rotatable bonds is 4. The van der Waals surface area contributed by atoms with Crippen LogP contribution >= 0.6 is 0 Å². The third-order valence-electron chi connectivity index (χ3n) is 2.51. The highest BCUT2D eigenvalue weighted by Crippen LogP contribution is 2.20. The number of aryl methyl sites for hydroxylation is 1. The van der Waals surface area contributed by atoms with E-state index in [1.54, 1.807) is 13.1 Å². The Hall–Kier alpha value is -1.42. The van der Waals surface area contributed by atoms with Gasteiger partial charge in [0.05, 0.1) is 11.3 Å². The minimum atomic E-state index is -0.920. The monoisotopic (exact) mass is 222 g/mol. The summed E-state index contributed by atoms with van der Waals surface area (Å²) in [4.78, 5) is 15.3. The Kier molecular flexibility index (Phi) is 4.01. The van der Waals surface area contributed by atoms with Crippen molar-refractivity contribution in [3.05, 3.63) is 28.6 Å². The molecule has 1 aromatic rings. The Morgan fingerprint density at radius 1 is 1.56 bits per heavy atom. The van der Waals surface area contributed by atoms with Gasteiger partial charge >= 0.3 is 5.97 Å². The maximum Gasteiger partial charge on any atom is 0.337 e. The minimum Gasteiger partial charge on any atom is -0.478 e. The molecule has 16 heavy (non-hydrogen) atoms. The molecule has 4 heteroatoms. The van der Waals surface area contributed by atoms with Crippen LogP contribution in [0, 0.1) is 12.8 Å². The van der Waals surface area contributed by atoms with Gasteiger partial charge in [-0.1, -0.05) is 13.8 Å². The largest absolute Gasteiger partial charge is 0.478 e. The average molecular weight is 222 g/mol. The lowest BCUT2D eigenvalue weighted by atomic mass is 9.93. The van der Waals surface area contributed by atoms with Crippen molar-refractivity contribution in [2.75, 3.05) is 0 Å². The predicted octanol–water partition coefficient (Wildman–Crippen LogP) is 1.75. The molecular formula is C12H18N2O2. The Bertz CT molecular complexity index is 400. The van der Waals surface area contributed by atoms with Crippen molar-refractivity contribution in [2.45, 2.75) is 33.7 Å². The summed E-state index contributed by atoms with van der Waals surface area (Å²) in [6.45, 7) is 6.16. The molecule has 88 valence electrons. The first kappa shape index (κ1) is 12.6. The fourth-order valence-electron chi connectivity index (χ4n) is 1.80. The number of aromatic nitrogens is 1. The average Bonchev–Trinajstić information content (AvgIpc) is 2.16. The molecule has 4 nitrogen and oxygen atoms in total. The zero-order valence-corrected chi connectivity index (χ0v) is 9.95. The normalized spacial score (nSPS) is 10.8. The lowest BCUT2D eigenvalue weighted by Gasteiger charge is -2.14. The molecule has 0 aliphatic heterocycles. The van der Waals surface area contributed by atoms with Crippen LogP contribution in [-0.4, -0.2) is 16.1 Å². The van der Waals surface area contributed by atoms with Crippen LogP contribution in [0.25, 0.3) is 0 Å². The summed E-state index contributed by atoms with van der Waals surface area (Å²) in [5, 5.41) is 9.20. The van der Waals surface area contributed by atoms with Crippen LogP contribution in [0.2, 0.25) is 0 Å². The number of hydrogen-bond acceptors (Lipinski definition) is 3. The first-order chi connectivity index (χ1) is 7.47. The SMILES string of the molecule is Cc1ncc(CN)c(CC(C)C)c1C(=O)O. The summed E-state index contributed by atoms with van der Waals surface area (Å²) in [5.74, 6) is -0.527. The van der Waals surface area contributed by atoms with Crippen molar-refractivity contribution >= 4 is 5.97 Å². The van der Waals surface area contributed by atoms with Crippen LogP contribution in [-0.2, 0) is 13.0 Å². The Labute approximate surface area is 95.5 Å². The van der Waals surface area contributed by atoms with E-state index in [-0.39, 0.29) is 0 Å². The number of carboxylic acid groups (broad SMARTS) is 1. The van der Waals surface area contributed by atoms with Crippen LogP contribution in [0.5, 0.6) is 0 Å². The topological polar surface area (TPSA) is 76.2 Å². The van der Waals surface area contributed by atoms with Crippen molar-refractivity contribution < 1.29 is 9.90 Å². The number of carboxylic acids is 1. The molecule has 0 aliphatic rings. The van der Waals surface area contributed by atoms with Crippen LogP contribution in [0.3, 0.4) is 0 Å². The van der Waals surface area contributed by atoms with Crippen LogP contribution in [0.15, 0.2) is 6.20 Å². The predicted molar refractivity (Wildman–Crippen MR) is 62.4 cm³/mol. The minimum absolute atomic E-state index is 0.316. The molecular weight excluding hydrogens is 204 g/mol. The maximum atomic E-state index is 11.2. The van der Waals surface area contributed by atoms with Gasteiger partial charge in [0.1, 0.15) is 0 Å². The smallest absolute Gasteiger partial charge is 0.337 e. The standard InChI is InChI=1S/C12H18N2O2/c1-7(2)4-10-9(5-13)6-14-8(3)11(10)12(15)16/h6-7H,4-5,13H2,1-3H3,(H,15,16). The molecule has 0 radical (unpaired) electrons. The Morgan fingerprint density at radius 3 is 2.62 bits per heavy atom. The van der Waals surface area contributed by atoms with E-state index in [2.05, 4.69) is 18.8 Å². The maximum absolute atomic E-state index is 11.2. The second-order valence-electron chi connectivity index (χ2n) is 4.33. The van der Waals surface area contributed by atoms with E-state index in [4.69, 9.17) is 5.73 Å². The molecule has 0 spiro atoms. The van der Waals surface area contributed by atoms with Crippen molar-refractivity contribution in [3.8, 4) is 0 Å². The van der Waals surface area contributed by atoms with Gasteiger partial charge in [0, 0.05) is 12.7 Å². The van der Waals surface area contributed by atoms with Crippen LogP contribution in [0.4, 0.5) is 0 Å². The summed E-state index contributed by atoms with van der Waals surface area (Å²) in [6.07, 6.45) is 2.40. The fraction of sp³-hybridized carbons (Fsp3) is 0.500. The first-order valence-corrected chi connectivity index (χ1v) is 5.38. The molecule has 0 saturated carbocycles. The third-order valence-corrected chi connectivity index (χ3v) is 2.51. The highest BCUT2D eigenvalue weighted by molar-refractivity contribution is 5.91. The zero-order chi connectivity index (χ0) is 12.3. The second-order valence-corrected chi connectivity index (χ2v) is 4.33. The Balaban J connectivity index is 3.36. The molecule has 0 fully saturated rings. The molecule has 0 aromatic carbocycles. The van der Waals surface area contributed by atoms with E-state index in [0.717, 1.165) is 17.5 Å². The molecule has 1 heterocycles. The van der Waals surface area contributed by atoms with Gasteiger partial charge in [-0.3, -0.25) is 4.98 Å². The Morgan fingerprint density at radius 2 is 2.19 bits per heavy atom. The summed E-state index contributed by atoms with van der Waals surface area (Å²) in [6, 6.07) is 0. The molecule has 0 unspecified atom stereocenters. The molecule has 1 aromatic heterocycles. The zero-order valence-electron chi connectivity index (χ0n) is 9.95. The van der Waals surface area contributed by atoms with Crippen molar-refractivity contribution in [2.24, 2.45) is 11.7 Å². The molecule has 0 amide bonds. The van der Waals surface area contributed by atoms with Gasteiger partial charge in [-0.05, 0) is 30.4 Å². The second kappa shape index (κ2) is 5.07. The van der Waals surface area contributed by atoms with E-state index < -0.39 is 5.97 Å². The van der Waals surface area contributed by atoms with Crippen LogP contribution in [0.1, 0.15) is 41.0 Å². The van der Waals surface area contributed by atoms with Crippen molar-refractivity contribution in [1.82, 2.24) is 4.98 Å². The first-order valence-electron chi connectivity index (χ1n) is 5.38. The van der Waals surface area contributed by atoms with Gasteiger partial charge in [-0.2, -0.15) is 0 Å². The van der Waals surface area contributed by atoms with E-state index >= 15 is 0 Å². The van der Waals surface area contributed by atoms with Gasteiger partial charge < -0.3 is 10.8 Å².